The molecular weight excluding hydrogens is 239 g/mol. The van der Waals surface area contributed by atoms with E-state index in [9.17, 15) is 4.39 Å². The molecule has 1 aromatic rings. The van der Waals surface area contributed by atoms with Crippen molar-refractivity contribution in [3.05, 3.63) is 23.0 Å². The van der Waals surface area contributed by atoms with Crippen molar-refractivity contribution in [2.24, 2.45) is 11.8 Å². The number of rotatable bonds is 2. The van der Waals surface area contributed by atoms with Gasteiger partial charge in [0.15, 0.2) is 0 Å². The Morgan fingerprint density at radius 3 is 2.76 bits per heavy atom. The van der Waals surface area contributed by atoms with E-state index < -0.39 is 5.82 Å². The number of nitrogens with zero attached hydrogens (tertiary/aromatic N) is 1. The molecule has 1 fully saturated rings. The van der Waals surface area contributed by atoms with Gasteiger partial charge in [-0.2, -0.15) is 0 Å². The second-order valence-electron chi connectivity index (χ2n) is 5.06. The Labute approximate surface area is 107 Å². The first-order valence-corrected chi connectivity index (χ1v) is 6.36. The maximum absolute atomic E-state index is 13.2. The van der Waals surface area contributed by atoms with Crippen LogP contribution in [-0.2, 0) is 0 Å². The van der Waals surface area contributed by atoms with Crippen molar-refractivity contribution < 1.29 is 4.39 Å². The van der Waals surface area contributed by atoms with Crippen molar-refractivity contribution in [3.63, 3.8) is 0 Å². The Morgan fingerprint density at radius 2 is 2.18 bits per heavy atom. The molecule has 1 saturated heterocycles. The lowest BCUT2D eigenvalue weighted by Crippen LogP contribution is -2.22. The molecule has 0 spiro atoms. The largest absolute Gasteiger partial charge is 0.397 e. The van der Waals surface area contributed by atoms with Crippen LogP contribution in [0.25, 0.3) is 0 Å². The predicted octanol–water partition coefficient (Wildman–Crippen LogP) is 3.54. The van der Waals surface area contributed by atoms with Crippen LogP contribution >= 0.6 is 11.6 Å². The third kappa shape index (κ3) is 2.49. The Balaban J connectivity index is 2.22. The molecule has 4 heteroatoms. The average molecular weight is 257 g/mol. The first-order chi connectivity index (χ1) is 7.99. The number of benzene rings is 1. The van der Waals surface area contributed by atoms with E-state index in [0.717, 1.165) is 25.2 Å². The van der Waals surface area contributed by atoms with Gasteiger partial charge in [0.2, 0.25) is 0 Å². The molecule has 94 valence electrons. The van der Waals surface area contributed by atoms with Crippen LogP contribution in [0.4, 0.5) is 15.8 Å². The maximum Gasteiger partial charge on any atom is 0.143 e. The molecule has 0 aliphatic carbocycles. The molecule has 1 unspecified atom stereocenters. The molecule has 0 radical (unpaired) electrons. The summed E-state index contributed by atoms with van der Waals surface area (Å²) in [4.78, 5) is 2.20. The summed E-state index contributed by atoms with van der Waals surface area (Å²) in [6.07, 6.45) is 1.16. The Morgan fingerprint density at radius 1 is 1.47 bits per heavy atom. The first-order valence-electron chi connectivity index (χ1n) is 5.98. The zero-order valence-corrected chi connectivity index (χ0v) is 11.0. The van der Waals surface area contributed by atoms with Crippen molar-refractivity contribution in [1.82, 2.24) is 0 Å². The van der Waals surface area contributed by atoms with E-state index in [1.807, 2.05) is 0 Å². The summed E-state index contributed by atoms with van der Waals surface area (Å²) < 4.78 is 13.2. The van der Waals surface area contributed by atoms with Gasteiger partial charge in [0, 0.05) is 19.2 Å². The molecule has 2 rings (SSSR count). The average Bonchev–Trinajstić information content (AvgIpc) is 2.72. The maximum atomic E-state index is 13.2. The van der Waals surface area contributed by atoms with Crippen LogP contribution in [0.3, 0.4) is 0 Å². The molecule has 2 N–H and O–H groups in total. The van der Waals surface area contributed by atoms with Crippen LogP contribution in [0.15, 0.2) is 12.1 Å². The quantitative estimate of drug-likeness (QED) is 0.820. The summed E-state index contributed by atoms with van der Waals surface area (Å²) in [6.45, 7) is 6.41. The lowest BCUT2D eigenvalue weighted by molar-refractivity contribution is 0.423. The third-order valence-electron chi connectivity index (χ3n) is 3.58. The van der Waals surface area contributed by atoms with Crippen LogP contribution < -0.4 is 10.6 Å². The Kier molecular flexibility index (Phi) is 3.48. The van der Waals surface area contributed by atoms with Crippen molar-refractivity contribution >= 4 is 23.0 Å². The summed E-state index contributed by atoms with van der Waals surface area (Å²) >= 11 is 5.81. The van der Waals surface area contributed by atoms with Crippen LogP contribution in [0.2, 0.25) is 5.02 Å². The van der Waals surface area contributed by atoms with E-state index >= 15 is 0 Å². The monoisotopic (exact) mass is 256 g/mol. The summed E-state index contributed by atoms with van der Waals surface area (Å²) in [5.41, 5.74) is 7.18. The fraction of sp³-hybridized carbons (Fsp3) is 0.538. The first kappa shape index (κ1) is 12.5. The van der Waals surface area contributed by atoms with Crippen LogP contribution in [0.5, 0.6) is 0 Å². The topological polar surface area (TPSA) is 29.3 Å². The highest BCUT2D eigenvalue weighted by Gasteiger charge is 2.26. The minimum atomic E-state index is -0.451. The van der Waals surface area contributed by atoms with Gasteiger partial charge in [0.05, 0.1) is 16.4 Å². The van der Waals surface area contributed by atoms with Gasteiger partial charge < -0.3 is 10.6 Å². The zero-order chi connectivity index (χ0) is 12.6. The van der Waals surface area contributed by atoms with Gasteiger partial charge in [-0.25, -0.2) is 4.39 Å². The molecule has 0 aromatic heterocycles. The van der Waals surface area contributed by atoms with Gasteiger partial charge in [-0.3, -0.25) is 0 Å². The molecule has 1 aliphatic heterocycles. The molecule has 0 bridgehead atoms. The Bertz CT molecular complexity index is 420. The third-order valence-corrected chi connectivity index (χ3v) is 3.87. The highest BCUT2D eigenvalue weighted by atomic mass is 35.5. The molecule has 0 amide bonds. The summed E-state index contributed by atoms with van der Waals surface area (Å²) in [7, 11) is 0. The smallest absolute Gasteiger partial charge is 0.143 e. The van der Waals surface area contributed by atoms with Crippen molar-refractivity contribution in [3.8, 4) is 0 Å². The fourth-order valence-electron chi connectivity index (χ4n) is 2.38. The fourth-order valence-corrected chi connectivity index (χ4v) is 2.53. The van der Waals surface area contributed by atoms with Gasteiger partial charge in [0.1, 0.15) is 5.82 Å². The van der Waals surface area contributed by atoms with Crippen molar-refractivity contribution in [1.29, 1.82) is 0 Å². The molecule has 1 heterocycles. The predicted molar refractivity (Wildman–Crippen MR) is 71.0 cm³/mol. The molecule has 17 heavy (non-hydrogen) atoms. The summed E-state index contributed by atoms with van der Waals surface area (Å²) in [5.74, 6) is 0.892. The lowest BCUT2D eigenvalue weighted by Gasteiger charge is -2.22. The van der Waals surface area contributed by atoms with Crippen LogP contribution in [0, 0.1) is 17.7 Å². The van der Waals surface area contributed by atoms with E-state index in [-0.39, 0.29) is 5.02 Å². The Hall–Kier alpha value is -0.960. The minimum absolute atomic E-state index is 0.141. The lowest BCUT2D eigenvalue weighted by atomic mass is 9.95. The second-order valence-corrected chi connectivity index (χ2v) is 5.47. The number of nitrogen functional groups attached to an aromatic ring is 1. The van der Waals surface area contributed by atoms with E-state index in [2.05, 4.69) is 18.7 Å². The molecular formula is C13H18ClFN2. The van der Waals surface area contributed by atoms with Gasteiger partial charge in [-0.05, 0) is 24.3 Å². The minimum Gasteiger partial charge on any atom is -0.397 e. The normalized spacial score (nSPS) is 20.3. The SMILES string of the molecule is CC(C)C1CCN(c2cc(Cl)c(F)cc2N)C1. The van der Waals surface area contributed by atoms with Crippen LogP contribution in [-0.4, -0.2) is 13.1 Å². The van der Waals surface area contributed by atoms with E-state index in [4.69, 9.17) is 17.3 Å². The number of hydrogen-bond acceptors (Lipinski definition) is 2. The molecule has 2 nitrogen and oxygen atoms in total. The van der Waals surface area contributed by atoms with Gasteiger partial charge in [-0.1, -0.05) is 25.4 Å². The van der Waals surface area contributed by atoms with E-state index in [1.165, 1.54) is 6.07 Å². The summed E-state index contributed by atoms with van der Waals surface area (Å²) in [5, 5.41) is 0.141. The van der Waals surface area contributed by atoms with Gasteiger partial charge in [-0.15, -0.1) is 0 Å². The van der Waals surface area contributed by atoms with Crippen molar-refractivity contribution in [2.75, 3.05) is 23.7 Å². The standard InChI is InChI=1S/C13H18ClFN2/c1-8(2)9-3-4-17(7-9)13-5-10(14)11(15)6-12(13)16/h5-6,8-9H,3-4,7,16H2,1-2H3. The summed E-state index contributed by atoms with van der Waals surface area (Å²) in [6, 6.07) is 2.94. The molecule has 1 atom stereocenters. The van der Waals surface area contributed by atoms with Crippen molar-refractivity contribution in [2.45, 2.75) is 20.3 Å². The molecule has 0 saturated carbocycles. The molecule has 1 aliphatic rings. The highest BCUT2D eigenvalue weighted by molar-refractivity contribution is 6.31. The second kappa shape index (κ2) is 4.73. The number of anilines is 2. The number of hydrogen-bond donors (Lipinski definition) is 1. The van der Waals surface area contributed by atoms with Gasteiger partial charge in [0.25, 0.3) is 0 Å². The molecule has 1 aromatic carbocycles. The van der Waals surface area contributed by atoms with E-state index in [1.54, 1.807) is 6.07 Å². The van der Waals surface area contributed by atoms with Crippen LogP contribution in [0.1, 0.15) is 20.3 Å². The number of halogens is 2. The number of nitrogens with two attached hydrogens (primary N) is 1. The van der Waals surface area contributed by atoms with Gasteiger partial charge >= 0.3 is 0 Å². The highest BCUT2D eigenvalue weighted by Crippen LogP contribution is 2.34. The van der Waals surface area contributed by atoms with E-state index in [0.29, 0.717) is 17.5 Å². The zero-order valence-electron chi connectivity index (χ0n) is 10.2.